The number of carbonyl (C=O) groups excluding carboxylic acids is 1. The molecule has 0 aliphatic heterocycles. The Hall–Kier alpha value is -1.50. The van der Waals surface area contributed by atoms with Gasteiger partial charge in [-0.1, -0.05) is 6.07 Å². The van der Waals surface area contributed by atoms with Gasteiger partial charge < -0.3 is 4.90 Å². The summed E-state index contributed by atoms with van der Waals surface area (Å²) in [6, 6.07) is 9.81. The third-order valence-electron chi connectivity index (χ3n) is 2.91. The normalized spacial score (nSPS) is 10.3. The first kappa shape index (κ1) is 14.9. The molecular weight excluding hydrogens is 370 g/mol. The Kier molecular flexibility index (Phi) is 5.05. The Balaban J connectivity index is 2.21. The minimum atomic E-state index is -0.335. The van der Waals surface area contributed by atoms with Crippen molar-refractivity contribution < 1.29 is 9.18 Å². The van der Waals surface area contributed by atoms with E-state index in [9.17, 15) is 9.18 Å². The van der Waals surface area contributed by atoms with Gasteiger partial charge in [-0.3, -0.25) is 9.78 Å². The van der Waals surface area contributed by atoms with Gasteiger partial charge in [-0.05, 0) is 59.8 Å². The Bertz CT molecular complexity index is 604. The zero-order valence-electron chi connectivity index (χ0n) is 11.0. The van der Waals surface area contributed by atoms with Crippen LogP contribution in [0, 0.1) is 9.39 Å². The highest BCUT2D eigenvalue weighted by atomic mass is 127. The van der Waals surface area contributed by atoms with E-state index >= 15 is 0 Å². The molecule has 1 heterocycles. The summed E-state index contributed by atoms with van der Waals surface area (Å²) >= 11 is 1.98. The Morgan fingerprint density at radius 1 is 1.35 bits per heavy atom. The van der Waals surface area contributed by atoms with E-state index in [1.807, 2.05) is 47.7 Å². The second-order valence-corrected chi connectivity index (χ2v) is 5.43. The molecule has 0 radical (unpaired) electrons. The molecule has 1 amide bonds. The molecule has 0 N–H and O–H groups in total. The van der Waals surface area contributed by atoms with E-state index in [2.05, 4.69) is 4.98 Å². The summed E-state index contributed by atoms with van der Waals surface area (Å²) in [6.07, 6.45) is 1.70. The lowest BCUT2D eigenvalue weighted by molar-refractivity contribution is 0.0749. The van der Waals surface area contributed by atoms with Crippen molar-refractivity contribution in [2.75, 3.05) is 6.54 Å². The lowest BCUT2D eigenvalue weighted by Crippen LogP contribution is -2.31. The molecular formula is C15H14FIN2O. The molecule has 3 nitrogen and oxygen atoms in total. The maximum absolute atomic E-state index is 13.1. The second-order valence-electron chi connectivity index (χ2n) is 4.26. The van der Waals surface area contributed by atoms with Gasteiger partial charge in [0, 0.05) is 16.3 Å². The van der Waals surface area contributed by atoms with Gasteiger partial charge in [-0.15, -0.1) is 0 Å². The Morgan fingerprint density at radius 2 is 2.15 bits per heavy atom. The number of hydrogen-bond donors (Lipinski definition) is 0. The fraction of sp³-hybridized carbons (Fsp3) is 0.200. The van der Waals surface area contributed by atoms with Gasteiger partial charge in [-0.2, -0.15) is 0 Å². The first-order valence-corrected chi connectivity index (χ1v) is 7.34. The van der Waals surface area contributed by atoms with Crippen LogP contribution >= 0.6 is 22.6 Å². The van der Waals surface area contributed by atoms with E-state index in [4.69, 9.17) is 0 Å². The smallest absolute Gasteiger partial charge is 0.255 e. The van der Waals surface area contributed by atoms with Gasteiger partial charge >= 0.3 is 0 Å². The molecule has 1 aromatic carbocycles. The minimum absolute atomic E-state index is 0.109. The zero-order valence-corrected chi connectivity index (χ0v) is 13.2. The molecule has 0 aliphatic rings. The standard InChI is InChI=1S/C15H14FIN2O/c1-2-19(10-12-5-3-4-8-18-12)15(20)13-7-6-11(16)9-14(13)17/h3-9H,2,10H2,1H3. The maximum Gasteiger partial charge on any atom is 0.255 e. The average molecular weight is 384 g/mol. The number of aromatic nitrogens is 1. The molecule has 2 aromatic rings. The quantitative estimate of drug-likeness (QED) is 0.757. The lowest BCUT2D eigenvalue weighted by Gasteiger charge is -2.21. The molecule has 2 rings (SSSR count). The molecule has 0 saturated heterocycles. The Labute approximate surface area is 131 Å². The summed E-state index contributed by atoms with van der Waals surface area (Å²) in [5.74, 6) is -0.443. The SMILES string of the molecule is CCN(Cc1ccccn1)C(=O)c1ccc(F)cc1I. The van der Waals surface area contributed by atoms with E-state index in [1.54, 1.807) is 11.1 Å². The van der Waals surface area contributed by atoms with Crippen molar-refractivity contribution in [3.63, 3.8) is 0 Å². The van der Waals surface area contributed by atoms with Gasteiger partial charge in [-0.25, -0.2) is 4.39 Å². The topological polar surface area (TPSA) is 33.2 Å². The third kappa shape index (κ3) is 3.53. The number of hydrogen-bond acceptors (Lipinski definition) is 2. The number of halogens is 2. The summed E-state index contributed by atoms with van der Waals surface area (Å²) in [5, 5.41) is 0. The van der Waals surface area contributed by atoms with Crippen molar-refractivity contribution in [2.45, 2.75) is 13.5 Å². The van der Waals surface area contributed by atoms with Crippen LogP contribution in [0.4, 0.5) is 4.39 Å². The van der Waals surface area contributed by atoms with Gasteiger partial charge in [0.15, 0.2) is 0 Å². The van der Waals surface area contributed by atoms with Gasteiger partial charge in [0.05, 0.1) is 17.8 Å². The van der Waals surface area contributed by atoms with Crippen LogP contribution in [0.25, 0.3) is 0 Å². The van der Waals surface area contributed by atoms with Crippen molar-refractivity contribution in [1.29, 1.82) is 0 Å². The lowest BCUT2D eigenvalue weighted by atomic mass is 10.2. The van der Waals surface area contributed by atoms with Crippen LogP contribution in [0.3, 0.4) is 0 Å². The number of benzene rings is 1. The van der Waals surface area contributed by atoms with Crippen LogP contribution in [0.2, 0.25) is 0 Å². The van der Waals surface area contributed by atoms with Crippen LogP contribution in [0.1, 0.15) is 23.0 Å². The van der Waals surface area contributed by atoms with Crippen molar-refractivity contribution in [3.05, 3.63) is 63.2 Å². The number of carbonyl (C=O) groups is 1. The molecule has 0 spiro atoms. The Morgan fingerprint density at radius 3 is 2.75 bits per heavy atom. The van der Waals surface area contributed by atoms with Crippen molar-refractivity contribution >= 4 is 28.5 Å². The van der Waals surface area contributed by atoms with Gasteiger partial charge in [0.2, 0.25) is 0 Å². The molecule has 5 heteroatoms. The second kappa shape index (κ2) is 6.78. The number of amides is 1. The summed E-state index contributed by atoms with van der Waals surface area (Å²) in [4.78, 5) is 18.4. The van der Waals surface area contributed by atoms with Crippen LogP contribution in [0.15, 0.2) is 42.6 Å². The number of pyridine rings is 1. The largest absolute Gasteiger partial charge is 0.333 e. The maximum atomic E-state index is 13.1. The van der Waals surface area contributed by atoms with E-state index < -0.39 is 0 Å². The van der Waals surface area contributed by atoms with E-state index in [0.29, 0.717) is 22.2 Å². The van der Waals surface area contributed by atoms with Crippen LogP contribution in [-0.4, -0.2) is 22.3 Å². The first-order chi connectivity index (χ1) is 9.61. The molecule has 0 atom stereocenters. The highest BCUT2D eigenvalue weighted by Crippen LogP contribution is 2.17. The molecule has 20 heavy (non-hydrogen) atoms. The molecule has 1 aromatic heterocycles. The first-order valence-electron chi connectivity index (χ1n) is 6.26. The molecule has 0 saturated carbocycles. The fourth-order valence-corrected chi connectivity index (χ4v) is 2.56. The molecule has 0 bridgehead atoms. The molecule has 0 aliphatic carbocycles. The number of rotatable bonds is 4. The number of nitrogens with zero attached hydrogens (tertiary/aromatic N) is 2. The molecule has 104 valence electrons. The fourth-order valence-electron chi connectivity index (χ4n) is 1.85. The van der Waals surface area contributed by atoms with Crippen molar-refractivity contribution in [3.8, 4) is 0 Å². The third-order valence-corrected chi connectivity index (χ3v) is 3.80. The van der Waals surface area contributed by atoms with Gasteiger partial charge in [0.1, 0.15) is 5.82 Å². The highest BCUT2D eigenvalue weighted by molar-refractivity contribution is 14.1. The van der Waals surface area contributed by atoms with E-state index in [-0.39, 0.29) is 11.7 Å². The summed E-state index contributed by atoms with van der Waals surface area (Å²) in [7, 11) is 0. The highest BCUT2D eigenvalue weighted by Gasteiger charge is 2.17. The van der Waals surface area contributed by atoms with E-state index in [0.717, 1.165) is 5.69 Å². The van der Waals surface area contributed by atoms with Crippen LogP contribution in [0.5, 0.6) is 0 Å². The predicted octanol–water partition coefficient (Wildman–Crippen LogP) is 3.49. The van der Waals surface area contributed by atoms with E-state index in [1.165, 1.54) is 18.2 Å². The average Bonchev–Trinajstić information content (AvgIpc) is 2.45. The predicted molar refractivity (Wildman–Crippen MR) is 83.8 cm³/mol. The summed E-state index contributed by atoms with van der Waals surface area (Å²) in [5.41, 5.74) is 1.35. The van der Waals surface area contributed by atoms with Crippen molar-refractivity contribution in [2.24, 2.45) is 0 Å². The van der Waals surface area contributed by atoms with Crippen LogP contribution in [-0.2, 0) is 6.54 Å². The van der Waals surface area contributed by atoms with Crippen molar-refractivity contribution in [1.82, 2.24) is 9.88 Å². The molecule has 0 fully saturated rings. The summed E-state index contributed by atoms with van der Waals surface area (Å²) in [6.45, 7) is 2.93. The monoisotopic (exact) mass is 384 g/mol. The van der Waals surface area contributed by atoms with Gasteiger partial charge in [0.25, 0.3) is 5.91 Å². The summed E-state index contributed by atoms with van der Waals surface area (Å²) < 4.78 is 13.7. The van der Waals surface area contributed by atoms with Crippen LogP contribution < -0.4 is 0 Å². The molecule has 0 unspecified atom stereocenters. The minimum Gasteiger partial charge on any atom is -0.333 e. The zero-order chi connectivity index (χ0) is 14.5.